The second-order valence-corrected chi connectivity index (χ2v) is 2.52. The largest absolute Gasteiger partial charge is 0.376 e. The third-order valence-corrected chi connectivity index (χ3v) is 1.54. The van der Waals surface area contributed by atoms with Gasteiger partial charge in [-0.25, -0.2) is 0 Å². The molecule has 0 spiro atoms. The molecule has 4 nitrogen and oxygen atoms in total. The number of nitrogens with one attached hydrogen (secondary N) is 1. The van der Waals surface area contributed by atoms with Gasteiger partial charge in [-0.3, -0.25) is 9.59 Å². The van der Waals surface area contributed by atoms with Crippen molar-refractivity contribution in [2.24, 2.45) is 5.73 Å². The van der Waals surface area contributed by atoms with Crippen molar-refractivity contribution >= 4 is 17.9 Å². The Labute approximate surface area is 75.7 Å². The number of nitrogens with two attached hydrogens (primary N) is 1. The number of rotatable bonds is 4. The maximum absolute atomic E-state index is 10.5. The van der Waals surface area contributed by atoms with E-state index < -0.39 is 5.91 Å². The van der Waals surface area contributed by atoms with Gasteiger partial charge in [0.15, 0.2) is 6.29 Å². The molecule has 1 aromatic carbocycles. The van der Waals surface area contributed by atoms with Gasteiger partial charge in [0, 0.05) is 11.3 Å². The first kappa shape index (κ1) is 9.25. The van der Waals surface area contributed by atoms with Gasteiger partial charge in [0.1, 0.15) is 0 Å². The Hall–Kier alpha value is -1.84. The fourth-order valence-electron chi connectivity index (χ4n) is 0.943. The maximum atomic E-state index is 10.5. The maximum Gasteiger partial charge on any atom is 0.236 e. The Kier molecular flexibility index (Phi) is 3.03. The van der Waals surface area contributed by atoms with Gasteiger partial charge in [-0.15, -0.1) is 0 Å². The number of carbonyl (C=O) groups excluding carboxylic acids is 2. The Morgan fingerprint density at radius 3 is 2.77 bits per heavy atom. The molecule has 1 aromatic rings. The second kappa shape index (κ2) is 4.25. The summed E-state index contributed by atoms with van der Waals surface area (Å²) in [7, 11) is 0. The van der Waals surface area contributed by atoms with Crippen LogP contribution in [0, 0.1) is 0 Å². The van der Waals surface area contributed by atoms with E-state index in [0.717, 1.165) is 6.29 Å². The summed E-state index contributed by atoms with van der Waals surface area (Å²) in [5.41, 5.74) is 6.08. The van der Waals surface area contributed by atoms with E-state index in [1.165, 1.54) is 0 Å². The Balaban J connectivity index is 2.75. The molecule has 0 aliphatic heterocycles. The molecule has 0 fully saturated rings. The van der Waals surface area contributed by atoms with Crippen molar-refractivity contribution in [2.75, 3.05) is 11.9 Å². The normalized spacial score (nSPS) is 9.23. The lowest BCUT2D eigenvalue weighted by atomic mass is 10.2. The van der Waals surface area contributed by atoms with Crippen molar-refractivity contribution in [2.45, 2.75) is 0 Å². The molecular formula is C9H10N2O2. The smallest absolute Gasteiger partial charge is 0.236 e. The van der Waals surface area contributed by atoms with Crippen LogP contribution in [0.15, 0.2) is 24.3 Å². The van der Waals surface area contributed by atoms with E-state index in [1.54, 1.807) is 24.3 Å². The minimum absolute atomic E-state index is 0.0326. The number of aldehydes is 1. The van der Waals surface area contributed by atoms with Gasteiger partial charge in [0.2, 0.25) is 5.91 Å². The van der Waals surface area contributed by atoms with Crippen molar-refractivity contribution in [3.05, 3.63) is 29.8 Å². The van der Waals surface area contributed by atoms with Crippen molar-refractivity contribution in [3.63, 3.8) is 0 Å². The van der Waals surface area contributed by atoms with Crippen molar-refractivity contribution in [3.8, 4) is 0 Å². The summed E-state index contributed by atoms with van der Waals surface area (Å²) in [6, 6.07) is 6.90. The van der Waals surface area contributed by atoms with Gasteiger partial charge >= 0.3 is 0 Å². The molecule has 13 heavy (non-hydrogen) atoms. The standard InChI is InChI=1S/C9H10N2O2/c10-9(13)5-11-8-4-2-1-3-7(8)6-12/h1-4,6,11H,5H2,(H2,10,13). The highest BCUT2D eigenvalue weighted by Crippen LogP contribution is 2.11. The van der Waals surface area contributed by atoms with Crippen LogP contribution in [0.3, 0.4) is 0 Å². The van der Waals surface area contributed by atoms with Crippen LogP contribution in [0.2, 0.25) is 0 Å². The van der Waals surface area contributed by atoms with Crippen LogP contribution in [0.25, 0.3) is 0 Å². The molecule has 1 rings (SSSR count). The lowest BCUT2D eigenvalue weighted by molar-refractivity contribution is -0.116. The van der Waals surface area contributed by atoms with E-state index in [1.807, 2.05) is 0 Å². The van der Waals surface area contributed by atoms with Crippen molar-refractivity contribution in [1.29, 1.82) is 0 Å². The first-order valence-electron chi connectivity index (χ1n) is 3.80. The molecule has 68 valence electrons. The summed E-state index contributed by atoms with van der Waals surface area (Å²) in [5, 5.41) is 2.76. The van der Waals surface area contributed by atoms with Crippen LogP contribution in [0.5, 0.6) is 0 Å². The molecule has 0 unspecified atom stereocenters. The Morgan fingerprint density at radius 2 is 2.15 bits per heavy atom. The lowest BCUT2D eigenvalue weighted by Gasteiger charge is -2.05. The molecule has 0 aromatic heterocycles. The van der Waals surface area contributed by atoms with Gasteiger partial charge < -0.3 is 11.1 Å². The number of anilines is 1. The van der Waals surface area contributed by atoms with E-state index in [9.17, 15) is 9.59 Å². The molecule has 0 aliphatic rings. The molecule has 0 heterocycles. The van der Waals surface area contributed by atoms with Crippen LogP contribution in [-0.4, -0.2) is 18.7 Å². The summed E-state index contributed by atoms with van der Waals surface area (Å²) in [5.74, 6) is -0.458. The minimum Gasteiger partial charge on any atom is -0.376 e. The van der Waals surface area contributed by atoms with Crippen LogP contribution in [0.1, 0.15) is 10.4 Å². The summed E-state index contributed by atoms with van der Waals surface area (Å²) < 4.78 is 0. The average molecular weight is 178 g/mol. The molecule has 1 amide bonds. The van der Waals surface area contributed by atoms with Gasteiger partial charge in [-0.2, -0.15) is 0 Å². The third kappa shape index (κ3) is 2.59. The number of benzene rings is 1. The second-order valence-electron chi connectivity index (χ2n) is 2.52. The van der Waals surface area contributed by atoms with E-state index in [0.29, 0.717) is 11.3 Å². The van der Waals surface area contributed by atoms with Gasteiger partial charge in [0.25, 0.3) is 0 Å². The summed E-state index contributed by atoms with van der Waals surface area (Å²) in [6.45, 7) is 0.0326. The van der Waals surface area contributed by atoms with E-state index >= 15 is 0 Å². The van der Waals surface area contributed by atoms with E-state index in [4.69, 9.17) is 5.73 Å². The monoisotopic (exact) mass is 178 g/mol. The van der Waals surface area contributed by atoms with Crippen LogP contribution in [-0.2, 0) is 4.79 Å². The minimum atomic E-state index is -0.458. The zero-order valence-electron chi connectivity index (χ0n) is 6.99. The summed E-state index contributed by atoms with van der Waals surface area (Å²) in [6.07, 6.45) is 0.726. The molecule has 4 heteroatoms. The highest BCUT2D eigenvalue weighted by molar-refractivity contribution is 5.86. The zero-order chi connectivity index (χ0) is 9.68. The third-order valence-electron chi connectivity index (χ3n) is 1.54. The highest BCUT2D eigenvalue weighted by Gasteiger charge is 1.99. The number of hydrogen-bond donors (Lipinski definition) is 2. The zero-order valence-corrected chi connectivity index (χ0v) is 6.99. The Bertz CT molecular complexity index is 323. The number of amides is 1. The molecule has 0 radical (unpaired) electrons. The molecule has 0 atom stereocenters. The molecular weight excluding hydrogens is 168 g/mol. The van der Waals surface area contributed by atoms with Gasteiger partial charge in [0.05, 0.1) is 6.54 Å². The molecule has 0 saturated carbocycles. The quantitative estimate of drug-likeness (QED) is 0.655. The predicted octanol–water partition coefficient (Wildman–Crippen LogP) is 0.396. The molecule has 0 saturated heterocycles. The molecule has 3 N–H and O–H groups in total. The van der Waals surface area contributed by atoms with Crippen LogP contribution >= 0.6 is 0 Å². The first-order chi connectivity index (χ1) is 6.24. The topological polar surface area (TPSA) is 72.2 Å². The number of carbonyl (C=O) groups is 2. The van der Waals surface area contributed by atoms with Gasteiger partial charge in [-0.1, -0.05) is 12.1 Å². The van der Waals surface area contributed by atoms with Crippen molar-refractivity contribution < 1.29 is 9.59 Å². The van der Waals surface area contributed by atoms with Crippen LogP contribution < -0.4 is 11.1 Å². The first-order valence-corrected chi connectivity index (χ1v) is 3.80. The van der Waals surface area contributed by atoms with Crippen molar-refractivity contribution in [1.82, 2.24) is 0 Å². The lowest BCUT2D eigenvalue weighted by Crippen LogP contribution is -2.22. The fraction of sp³-hybridized carbons (Fsp3) is 0.111. The SMILES string of the molecule is NC(=O)CNc1ccccc1C=O. The van der Waals surface area contributed by atoms with Gasteiger partial charge in [-0.05, 0) is 12.1 Å². The fourth-order valence-corrected chi connectivity index (χ4v) is 0.943. The predicted molar refractivity (Wildman–Crippen MR) is 49.5 cm³/mol. The molecule has 0 bridgehead atoms. The number of hydrogen-bond acceptors (Lipinski definition) is 3. The van der Waals surface area contributed by atoms with Crippen LogP contribution in [0.4, 0.5) is 5.69 Å². The Morgan fingerprint density at radius 1 is 1.46 bits per heavy atom. The highest BCUT2D eigenvalue weighted by atomic mass is 16.1. The number of primary amides is 1. The molecule has 0 aliphatic carbocycles. The van der Waals surface area contributed by atoms with E-state index in [2.05, 4.69) is 5.32 Å². The summed E-state index contributed by atoms with van der Waals surface area (Å²) >= 11 is 0. The van der Waals surface area contributed by atoms with E-state index in [-0.39, 0.29) is 6.54 Å². The summed E-state index contributed by atoms with van der Waals surface area (Å²) in [4.78, 5) is 21.0. The average Bonchev–Trinajstić information content (AvgIpc) is 2.15. The number of para-hydroxylation sites is 1.